The zero-order valence-electron chi connectivity index (χ0n) is 74.1. The number of halogens is 1. The Balaban J connectivity index is 0.000000201. The minimum atomic E-state index is -0.701. The number of thiazole rings is 3. The van der Waals surface area contributed by atoms with Crippen LogP contribution in [0.25, 0.3) is 33.8 Å². The first-order valence-corrected chi connectivity index (χ1v) is 45.0. The number of nitrogens with one attached hydrogen (secondary N) is 1. The third-order valence-electron chi connectivity index (χ3n) is 23.3. The van der Waals surface area contributed by atoms with E-state index < -0.39 is 5.97 Å². The first kappa shape index (κ1) is 99.0. The molecule has 0 unspecified atom stereocenters. The number of anilines is 3. The quantitative estimate of drug-likeness (QED) is 0.0305. The molecule has 31 heteroatoms. The Labute approximate surface area is 764 Å². The molecule has 0 atom stereocenters. The van der Waals surface area contributed by atoms with Crippen molar-refractivity contribution in [2.45, 2.75) is 127 Å². The first-order chi connectivity index (χ1) is 58.8. The normalized spacial score (nSPS) is 16.0. The number of rotatable bonds is 25. The summed E-state index contributed by atoms with van der Waals surface area (Å²) >= 11 is 4.84. The number of nitrogens with zero attached hydrogens (tertiary/aromatic N) is 11. The molecule has 0 aliphatic carbocycles. The fourth-order valence-corrected chi connectivity index (χ4v) is 18.2. The summed E-state index contributed by atoms with van der Waals surface area (Å²) in [6.45, 7) is 31.0. The van der Waals surface area contributed by atoms with Crippen molar-refractivity contribution in [2.75, 3.05) is 147 Å². The predicted molar refractivity (Wildman–Crippen MR) is 490 cm³/mol. The number of aldehydes is 1. The molecule has 125 heavy (non-hydrogen) atoms. The van der Waals surface area contributed by atoms with Gasteiger partial charge in [0.05, 0.1) is 67.7 Å². The van der Waals surface area contributed by atoms with Gasteiger partial charge in [0, 0.05) is 151 Å². The molecule has 6 aromatic carbocycles. The average Bonchev–Trinajstić information content (AvgIpc) is 1.70. The van der Waals surface area contributed by atoms with Gasteiger partial charge in [-0.05, 0) is 181 Å². The van der Waals surface area contributed by atoms with Crippen molar-refractivity contribution >= 4 is 104 Å². The number of aliphatic carboxylic acids is 1. The van der Waals surface area contributed by atoms with Crippen LogP contribution in [-0.4, -0.2) is 224 Å². The van der Waals surface area contributed by atoms with E-state index >= 15 is 0 Å². The maximum Gasteiger partial charge on any atom is 1.00 e. The number of benzene rings is 6. The maximum absolute atomic E-state index is 12.1. The van der Waals surface area contributed by atoms with Crippen LogP contribution in [0.5, 0.6) is 17.2 Å². The number of carbonyl (C=O) groups excluding carboxylic acids is 6. The molecule has 26 nitrogen and oxygen atoms in total. The molecule has 0 saturated carbocycles. The molecule has 15 rings (SSSR count). The van der Waals surface area contributed by atoms with Gasteiger partial charge in [0.25, 0.3) is 0 Å². The van der Waals surface area contributed by atoms with Crippen LogP contribution < -0.4 is 53.1 Å². The molecular weight excluding hydrogens is 1660 g/mol. The summed E-state index contributed by atoms with van der Waals surface area (Å²) in [5, 5.41) is 21.4. The first-order valence-electron chi connectivity index (χ1n) is 42.3. The van der Waals surface area contributed by atoms with Gasteiger partial charge in [0.15, 0.2) is 15.4 Å². The van der Waals surface area contributed by atoms with Gasteiger partial charge in [-0.1, -0.05) is 83.4 Å². The smallest absolute Gasteiger partial charge is 0.870 e. The van der Waals surface area contributed by atoms with Crippen molar-refractivity contribution < 1.29 is 86.7 Å². The zero-order valence-corrected chi connectivity index (χ0v) is 77.3. The Morgan fingerprint density at radius 3 is 1.13 bits per heavy atom. The number of likely N-dealkylation sites (N-methyl/N-ethyl adjacent to an activating group) is 3. The minimum Gasteiger partial charge on any atom is -0.870 e. The average molecular weight is 1780 g/mol. The van der Waals surface area contributed by atoms with Gasteiger partial charge in [-0.15, -0.1) is 46.4 Å². The van der Waals surface area contributed by atoms with E-state index in [4.69, 9.17) is 38.6 Å². The number of carboxylic acids is 1. The number of ether oxygens (including phenoxy) is 5. The number of amides is 3. The number of piperidine rings is 3. The van der Waals surface area contributed by atoms with Crippen molar-refractivity contribution in [2.24, 2.45) is 17.8 Å². The number of hydrogen-bond donors (Lipinski definition) is 2. The van der Waals surface area contributed by atoms with E-state index in [0.717, 1.165) is 216 Å². The van der Waals surface area contributed by atoms with E-state index in [1.54, 1.807) is 48.7 Å². The predicted octanol–water partition coefficient (Wildman–Crippen LogP) is 11.5. The summed E-state index contributed by atoms with van der Waals surface area (Å²) in [5.41, 5.74) is 18.8. The molecular formula is C94H118ClLiN12O14S3. The number of aromatic nitrogens is 3. The van der Waals surface area contributed by atoms with Gasteiger partial charge in [-0.2, -0.15) is 0 Å². The molecule has 6 fully saturated rings. The summed E-state index contributed by atoms with van der Waals surface area (Å²) < 4.78 is 29.4. The van der Waals surface area contributed by atoms with E-state index in [-0.39, 0.29) is 84.2 Å². The molecule has 6 aliphatic heterocycles. The van der Waals surface area contributed by atoms with Crippen molar-refractivity contribution in [1.29, 1.82) is 0 Å². The van der Waals surface area contributed by atoms with E-state index in [2.05, 4.69) is 147 Å². The maximum atomic E-state index is 12.1. The Kier molecular flexibility index (Phi) is 37.8. The van der Waals surface area contributed by atoms with E-state index in [9.17, 15) is 38.7 Å². The molecule has 3 N–H and O–H groups in total. The second-order valence-electron chi connectivity index (χ2n) is 32.4. The second kappa shape index (κ2) is 47.7. The fourth-order valence-electron chi connectivity index (χ4n) is 15.5. The van der Waals surface area contributed by atoms with Crippen LogP contribution in [0.1, 0.15) is 124 Å². The number of carboxylic acid groups (broad SMARTS) is 1. The fraction of sp³-hybridized carbons (Fsp3) is 0.447. The monoisotopic (exact) mass is 1780 g/mol. The number of carbonyl (C=O) groups is 7. The molecule has 6 aliphatic rings. The molecule has 9 heterocycles. The van der Waals surface area contributed by atoms with E-state index in [1.807, 2.05) is 84.4 Å². The van der Waals surface area contributed by atoms with Crippen LogP contribution in [0.2, 0.25) is 0 Å². The summed E-state index contributed by atoms with van der Waals surface area (Å²) in [7, 11) is 5.55. The molecule has 0 radical (unpaired) electrons. The summed E-state index contributed by atoms with van der Waals surface area (Å²) in [4.78, 5) is 112. The number of aryl methyl sites for hydroxylation is 6. The van der Waals surface area contributed by atoms with Gasteiger partial charge in [0.1, 0.15) is 43.4 Å². The third-order valence-corrected chi connectivity index (χ3v) is 26.0. The standard InChI is InChI=1S/C32H40N4O4S.C30H36N4O4S.C27H30N2O4S.C5H10N2O.ClH.Li.H2O/c1-5-39-31(38)25-10-12-36(13-11-25)32-33-28(21-41-32)27-16-22(2)6-9-29(27)40-20-26-8-7-24(17-23(26)3)18-35-15-14-34(4)30(37)19-35;1-20-4-7-27(25(14-20)26-19-39-30(31-26)34-10-8-23(9-11-34)29(36)37)38-18-24-6-5-22(15-21(24)2)16-33-13-12-32(3)28(35)17-33;1-4-32-26(31)21-9-11-29(12-10-21)27-28-24(17-34-27)23-13-18(2)5-8-25(23)33-16-22-7-6-20(15-30)14-19(22)3;1-7-3-2-6-4-5(7)8;;;/h6-9,16-17,21,25H,5,10-15,18-20H2,1-4H3;4-7,14-15,19,23H,8-13,16-18H2,1-3H3,(H,36,37);5-8,13-15,17,21H,4,9-12,16H2,1-3H3;6H,2-4H2,1H3;1H;;1H2/q;;;;;+1;/p-1. The molecule has 9 aromatic rings. The molecule has 3 amide bonds. The molecule has 0 bridgehead atoms. The Bertz CT molecular complexity index is 5120. The SMILES string of the molecule is CCOC(=O)C1CCN(c2nc(-c3cc(C)ccc3OCc3ccc(C=O)cc3C)cs2)CC1.CCOC(=O)C1CCN(c2nc(-c3cc(C)ccc3OCc3ccc(CN4CCN(C)C(=O)C4)cc3C)cs2)CC1.CN1CCNCC1=O.Cc1ccc(OCc2ccc(CN3CCN(C)C(=O)C3)cc2C)c(-c2csc(N3CCC(C(=O)O)CC3)n2)c1.Cl.[Li+].[OH-]. The van der Waals surface area contributed by atoms with Crippen molar-refractivity contribution in [1.82, 2.24) is 44.8 Å². The number of esters is 2. The topological polar surface area (TPSA) is 292 Å². The van der Waals surface area contributed by atoms with Gasteiger partial charge < -0.3 is 69.0 Å². The van der Waals surface area contributed by atoms with Crippen LogP contribution in [0.15, 0.2) is 125 Å². The number of piperazine rings is 3. The van der Waals surface area contributed by atoms with Crippen LogP contribution in [-0.2, 0) is 71.2 Å². The summed E-state index contributed by atoms with van der Waals surface area (Å²) in [6, 6.07) is 37.1. The zero-order chi connectivity index (χ0) is 86.5. The van der Waals surface area contributed by atoms with Crippen LogP contribution in [0.3, 0.4) is 0 Å². The molecule has 3 aromatic heterocycles. The summed E-state index contributed by atoms with van der Waals surface area (Å²) in [5.74, 6) is 1.77. The second-order valence-corrected chi connectivity index (χ2v) is 34.9. The van der Waals surface area contributed by atoms with Crippen LogP contribution in [0.4, 0.5) is 15.4 Å². The Morgan fingerprint density at radius 2 is 0.816 bits per heavy atom. The minimum absolute atomic E-state index is 0. The largest absolute Gasteiger partial charge is 1.00 e. The number of hydrogen-bond acceptors (Lipinski definition) is 25. The molecule has 6 saturated heterocycles. The van der Waals surface area contributed by atoms with Gasteiger partial charge in [0.2, 0.25) is 17.7 Å². The Hall–Kier alpha value is -9.77. The summed E-state index contributed by atoms with van der Waals surface area (Å²) in [6.07, 6.45) is 5.30. The van der Waals surface area contributed by atoms with Crippen LogP contribution >= 0.6 is 46.4 Å². The third kappa shape index (κ3) is 27.4. The molecule has 664 valence electrons. The van der Waals surface area contributed by atoms with Gasteiger partial charge in [-0.3, -0.25) is 43.4 Å². The van der Waals surface area contributed by atoms with Gasteiger partial charge >= 0.3 is 36.8 Å². The van der Waals surface area contributed by atoms with Crippen molar-refractivity contribution in [3.63, 3.8) is 0 Å². The van der Waals surface area contributed by atoms with Crippen molar-refractivity contribution in [3.8, 4) is 51.0 Å². The van der Waals surface area contributed by atoms with Crippen LogP contribution in [0, 0.1) is 59.3 Å². The van der Waals surface area contributed by atoms with Crippen molar-refractivity contribution in [3.05, 3.63) is 192 Å². The van der Waals surface area contributed by atoms with E-state index in [0.29, 0.717) is 84.2 Å². The van der Waals surface area contributed by atoms with E-state index in [1.165, 1.54) is 22.3 Å². The Morgan fingerprint density at radius 1 is 0.464 bits per heavy atom. The van der Waals surface area contributed by atoms with Gasteiger partial charge in [-0.25, -0.2) is 15.0 Å². The molecule has 0 spiro atoms.